The van der Waals surface area contributed by atoms with Gasteiger partial charge in [-0.05, 0) is 36.5 Å². The van der Waals surface area contributed by atoms with Crippen LogP contribution in [0.1, 0.15) is 35.6 Å². The van der Waals surface area contributed by atoms with E-state index >= 15 is 0 Å². The average Bonchev–Trinajstić information content (AvgIpc) is 2.18. The SMILES string of the molecule is N#Cc1c(N)ccc2c1CCC[C@H]2N. The molecule has 72 valence electrons. The van der Waals surface area contributed by atoms with Crippen LogP contribution in [0.4, 0.5) is 5.69 Å². The van der Waals surface area contributed by atoms with E-state index < -0.39 is 0 Å². The van der Waals surface area contributed by atoms with Crippen molar-refractivity contribution in [3.63, 3.8) is 0 Å². The fraction of sp³-hybridized carbons (Fsp3) is 0.364. The number of nitriles is 1. The molecule has 1 aliphatic carbocycles. The molecule has 3 nitrogen and oxygen atoms in total. The van der Waals surface area contributed by atoms with Crippen molar-refractivity contribution in [3.05, 3.63) is 28.8 Å². The van der Waals surface area contributed by atoms with Crippen molar-refractivity contribution in [2.75, 3.05) is 5.73 Å². The zero-order valence-electron chi connectivity index (χ0n) is 7.96. The molecular weight excluding hydrogens is 174 g/mol. The quantitative estimate of drug-likeness (QED) is 0.604. The third-order valence-corrected chi connectivity index (χ3v) is 2.83. The summed E-state index contributed by atoms with van der Waals surface area (Å²) in [6.07, 6.45) is 2.98. The Hall–Kier alpha value is -1.53. The molecule has 0 saturated carbocycles. The van der Waals surface area contributed by atoms with E-state index in [2.05, 4.69) is 6.07 Å². The minimum Gasteiger partial charge on any atom is -0.398 e. The zero-order chi connectivity index (χ0) is 10.1. The summed E-state index contributed by atoms with van der Waals surface area (Å²) in [5, 5.41) is 8.99. The van der Waals surface area contributed by atoms with Crippen molar-refractivity contribution in [2.45, 2.75) is 25.3 Å². The Morgan fingerprint density at radius 2 is 2.21 bits per heavy atom. The summed E-state index contributed by atoms with van der Waals surface area (Å²) in [6, 6.07) is 5.97. The molecule has 14 heavy (non-hydrogen) atoms. The third-order valence-electron chi connectivity index (χ3n) is 2.83. The molecule has 0 heterocycles. The molecule has 2 rings (SSSR count). The molecule has 0 radical (unpaired) electrons. The molecule has 1 aromatic rings. The number of nitrogen functional groups attached to an aromatic ring is 1. The Morgan fingerprint density at radius 3 is 2.93 bits per heavy atom. The molecule has 0 unspecified atom stereocenters. The second-order valence-corrected chi connectivity index (χ2v) is 3.71. The summed E-state index contributed by atoms with van der Waals surface area (Å²) < 4.78 is 0. The van der Waals surface area contributed by atoms with E-state index in [0.717, 1.165) is 30.4 Å². The number of fused-ring (bicyclic) bond motifs is 1. The van der Waals surface area contributed by atoms with Gasteiger partial charge in [0.2, 0.25) is 0 Å². The van der Waals surface area contributed by atoms with Crippen LogP contribution in [-0.4, -0.2) is 0 Å². The third kappa shape index (κ3) is 1.24. The maximum Gasteiger partial charge on any atom is 0.102 e. The van der Waals surface area contributed by atoms with E-state index in [1.54, 1.807) is 6.07 Å². The van der Waals surface area contributed by atoms with Crippen LogP contribution in [-0.2, 0) is 6.42 Å². The summed E-state index contributed by atoms with van der Waals surface area (Å²) in [5.41, 5.74) is 15.1. The van der Waals surface area contributed by atoms with Gasteiger partial charge in [-0.2, -0.15) is 5.26 Å². The number of anilines is 1. The molecule has 0 amide bonds. The van der Waals surface area contributed by atoms with Crippen LogP contribution in [0.2, 0.25) is 0 Å². The van der Waals surface area contributed by atoms with Gasteiger partial charge in [0.1, 0.15) is 6.07 Å². The Bertz CT molecular complexity index is 404. The van der Waals surface area contributed by atoms with Crippen LogP contribution >= 0.6 is 0 Å². The topological polar surface area (TPSA) is 75.8 Å². The van der Waals surface area contributed by atoms with Crippen molar-refractivity contribution >= 4 is 5.69 Å². The zero-order valence-corrected chi connectivity index (χ0v) is 7.96. The highest BCUT2D eigenvalue weighted by Crippen LogP contribution is 2.32. The lowest BCUT2D eigenvalue weighted by Crippen LogP contribution is -2.18. The van der Waals surface area contributed by atoms with Crippen molar-refractivity contribution < 1.29 is 0 Å². The van der Waals surface area contributed by atoms with E-state index in [0.29, 0.717) is 11.3 Å². The summed E-state index contributed by atoms with van der Waals surface area (Å²) in [6.45, 7) is 0. The minimum atomic E-state index is 0.0754. The van der Waals surface area contributed by atoms with E-state index in [4.69, 9.17) is 16.7 Å². The van der Waals surface area contributed by atoms with Gasteiger partial charge in [-0.25, -0.2) is 0 Å². The first-order chi connectivity index (χ1) is 6.74. The molecule has 0 aromatic heterocycles. The van der Waals surface area contributed by atoms with Crippen LogP contribution in [0, 0.1) is 11.3 Å². The van der Waals surface area contributed by atoms with E-state index in [-0.39, 0.29) is 6.04 Å². The lowest BCUT2D eigenvalue weighted by atomic mass is 9.85. The number of nitrogens with zero attached hydrogens (tertiary/aromatic N) is 1. The fourth-order valence-corrected chi connectivity index (χ4v) is 2.09. The maximum atomic E-state index is 8.99. The first kappa shape index (κ1) is 9.04. The minimum absolute atomic E-state index is 0.0754. The lowest BCUT2D eigenvalue weighted by Gasteiger charge is -2.23. The molecule has 0 fully saturated rings. The van der Waals surface area contributed by atoms with Gasteiger partial charge < -0.3 is 11.5 Å². The number of nitrogens with two attached hydrogens (primary N) is 2. The number of hydrogen-bond donors (Lipinski definition) is 2. The molecule has 0 saturated heterocycles. The predicted molar refractivity (Wildman–Crippen MR) is 55.4 cm³/mol. The number of hydrogen-bond acceptors (Lipinski definition) is 3. The van der Waals surface area contributed by atoms with Gasteiger partial charge in [-0.15, -0.1) is 0 Å². The van der Waals surface area contributed by atoms with Crippen LogP contribution in [0.5, 0.6) is 0 Å². The summed E-state index contributed by atoms with van der Waals surface area (Å²) >= 11 is 0. The van der Waals surface area contributed by atoms with Crippen molar-refractivity contribution in [1.29, 1.82) is 5.26 Å². The highest BCUT2D eigenvalue weighted by atomic mass is 14.6. The van der Waals surface area contributed by atoms with E-state index in [9.17, 15) is 0 Å². The van der Waals surface area contributed by atoms with Gasteiger partial charge in [0.15, 0.2) is 0 Å². The molecule has 4 N–H and O–H groups in total. The van der Waals surface area contributed by atoms with Crippen LogP contribution < -0.4 is 11.5 Å². The van der Waals surface area contributed by atoms with Crippen LogP contribution in [0.3, 0.4) is 0 Å². The summed E-state index contributed by atoms with van der Waals surface area (Å²) in [7, 11) is 0. The van der Waals surface area contributed by atoms with E-state index in [1.807, 2.05) is 6.07 Å². The summed E-state index contributed by atoms with van der Waals surface area (Å²) in [4.78, 5) is 0. The Kier molecular flexibility index (Phi) is 2.14. The van der Waals surface area contributed by atoms with Crippen molar-refractivity contribution in [2.24, 2.45) is 5.73 Å². The van der Waals surface area contributed by atoms with Gasteiger partial charge >= 0.3 is 0 Å². The molecule has 0 aliphatic heterocycles. The average molecular weight is 187 g/mol. The second kappa shape index (κ2) is 3.32. The van der Waals surface area contributed by atoms with Crippen molar-refractivity contribution in [1.82, 2.24) is 0 Å². The summed E-state index contributed by atoms with van der Waals surface area (Å²) in [5.74, 6) is 0. The highest BCUT2D eigenvalue weighted by Gasteiger charge is 2.20. The normalized spacial score (nSPS) is 19.9. The van der Waals surface area contributed by atoms with Gasteiger partial charge in [0.05, 0.1) is 5.56 Å². The van der Waals surface area contributed by atoms with Gasteiger partial charge in [0.25, 0.3) is 0 Å². The second-order valence-electron chi connectivity index (χ2n) is 3.71. The standard InChI is InChI=1S/C11H13N3/c12-6-9-7-2-1-3-10(13)8(7)4-5-11(9)14/h4-5,10H,1-3,13-14H2/t10-/m1/s1. The molecule has 1 atom stereocenters. The number of benzene rings is 1. The first-order valence-corrected chi connectivity index (χ1v) is 4.81. The smallest absolute Gasteiger partial charge is 0.102 e. The van der Waals surface area contributed by atoms with Crippen LogP contribution in [0.15, 0.2) is 12.1 Å². The Morgan fingerprint density at radius 1 is 1.43 bits per heavy atom. The Balaban J connectivity index is 2.63. The fourth-order valence-electron chi connectivity index (χ4n) is 2.09. The lowest BCUT2D eigenvalue weighted by molar-refractivity contribution is 0.570. The van der Waals surface area contributed by atoms with E-state index in [1.165, 1.54) is 0 Å². The monoisotopic (exact) mass is 187 g/mol. The molecule has 1 aliphatic rings. The van der Waals surface area contributed by atoms with Gasteiger partial charge in [-0.1, -0.05) is 6.07 Å². The van der Waals surface area contributed by atoms with Gasteiger partial charge in [-0.3, -0.25) is 0 Å². The molecular formula is C11H13N3. The maximum absolute atomic E-state index is 8.99. The molecule has 3 heteroatoms. The van der Waals surface area contributed by atoms with Crippen LogP contribution in [0.25, 0.3) is 0 Å². The molecule has 0 spiro atoms. The largest absolute Gasteiger partial charge is 0.398 e. The first-order valence-electron chi connectivity index (χ1n) is 4.81. The van der Waals surface area contributed by atoms with Gasteiger partial charge in [0, 0.05) is 11.7 Å². The molecule has 0 bridgehead atoms. The Labute approximate surface area is 83.3 Å². The highest BCUT2D eigenvalue weighted by molar-refractivity contribution is 5.61. The molecule has 1 aromatic carbocycles. The predicted octanol–water partition coefficient (Wildman–Crippen LogP) is 1.48. The number of rotatable bonds is 0. The van der Waals surface area contributed by atoms with Crippen molar-refractivity contribution in [3.8, 4) is 6.07 Å².